The van der Waals surface area contributed by atoms with Crippen molar-refractivity contribution in [1.82, 2.24) is 5.43 Å². The van der Waals surface area contributed by atoms with Crippen molar-refractivity contribution < 1.29 is 0 Å². The van der Waals surface area contributed by atoms with Crippen LogP contribution in [-0.4, -0.2) is 5.75 Å². The fourth-order valence-electron chi connectivity index (χ4n) is 2.14. The maximum atomic E-state index is 6.02. The minimum absolute atomic E-state index is 0.0918. The Morgan fingerprint density at radius 3 is 2.55 bits per heavy atom. The predicted molar refractivity (Wildman–Crippen MR) is 88.1 cm³/mol. The van der Waals surface area contributed by atoms with E-state index in [0.717, 1.165) is 17.2 Å². The summed E-state index contributed by atoms with van der Waals surface area (Å²) < 4.78 is 0. The summed E-state index contributed by atoms with van der Waals surface area (Å²) in [6.07, 6.45) is 0.817. The van der Waals surface area contributed by atoms with E-state index in [-0.39, 0.29) is 6.04 Å². The topological polar surface area (TPSA) is 38.0 Å². The van der Waals surface area contributed by atoms with Gasteiger partial charge >= 0.3 is 0 Å². The van der Waals surface area contributed by atoms with Gasteiger partial charge in [-0.25, -0.2) is 0 Å². The molecule has 2 aromatic carbocycles. The largest absolute Gasteiger partial charge is 0.271 e. The van der Waals surface area contributed by atoms with Crippen molar-refractivity contribution in [3.05, 3.63) is 64.7 Å². The quantitative estimate of drug-likeness (QED) is 0.477. The Labute approximate surface area is 129 Å². The third-order valence-electron chi connectivity index (χ3n) is 3.12. The molecule has 3 N–H and O–H groups in total. The van der Waals surface area contributed by atoms with Gasteiger partial charge in [0.15, 0.2) is 0 Å². The summed E-state index contributed by atoms with van der Waals surface area (Å²) in [5.74, 6) is 6.78. The van der Waals surface area contributed by atoms with E-state index in [2.05, 4.69) is 42.7 Å². The molecule has 0 radical (unpaired) electrons. The summed E-state index contributed by atoms with van der Waals surface area (Å²) in [7, 11) is 0. The molecule has 106 valence electrons. The van der Waals surface area contributed by atoms with E-state index in [9.17, 15) is 0 Å². The van der Waals surface area contributed by atoms with Crippen molar-refractivity contribution in [3.63, 3.8) is 0 Å². The monoisotopic (exact) mass is 306 g/mol. The lowest BCUT2D eigenvalue weighted by molar-refractivity contribution is 0.551. The van der Waals surface area contributed by atoms with Crippen LogP contribution in [0.4, 0.5) is 0 Å². The van der Waals surface area contributed by atoms with Crippen LogP contribution < -0.4 is 11.3 Å². The van der Waals surface area contributed by atoms with E-state index in [0.29, 0.717) is 0 Å². The second kappa shape index (κ2) is 7.70. The highest BCUT2D eigenvalue weighted by Gasteiger charge is 2.10. The lowest BCUT2D eigenvalue weighted by atomic mass is 9.99. The van der Waals surface area contributed by atoms with Crippen molar-refractivity contribution >= 4 is 23.4 Å². The molecule has 2 aromatic rings. The first kappa shape index (κ1) is 15.4. The van der Waals surface area contributed by atoms with Crippen LogP contribution in [0.25, 0.3) is 0 Å². The van der Waals surface area contributed by atoms with Gasteiger partial charge in [-0.15, -0.1) is 11.8 Å². The summed E-state index contributed by atoms with van der Waals surface area (Å²) in [5, 5.41) is 0.757. The minimum Gasteiger partial charge on any atom is -0.271 e. The summed E-state index contributed by atoms with van der Waals surface area (Å²) in [5.41, 5.74) is 5.25. The number of hydrogen-bond acceptors (Lipinski definition) is 3. The molecule has 4 heteroatoms. The first-order valence-corrected chi connectivity index (χ1v) is 8.02. The maximum absolute atomic E-state index is 6.02. The van der Waals surface area contributed by atoms with Crippen molar-refractivity contribution in [2.24, 2.45) is 5.84 Å². The average Bonchev–Trinajstić information content (AvgIpc) is 2.46. The lowest BCUT2D eigenvalue weighted by Crippen LogP contribution is -2.29. The second-order valence-electron chi connectivity index (χ2n) is 4.56. The van der Waals surface area contributed by atoms with Gasteiger partial charge in [0.05, 0.1) is 0 Å². The molecule has 0 fully saturated rings. The Balaban J connectivity index is 2.11. The van der Waals surface area contributed by atoms with Gasteiger partial charge in [0.2, 0.25) is 0 Å². The van der Waals surface area contributed by atoms with E-state index in [1.807, 2.05) is 30.0 Å². The third kappa shape index (κ3) is 4.25. The number of hydrogen-bond donors (Lipinski definition) is 2. The van der Waals surface area contributed by atoms with Crippen LogP contribution in [0, 0.1) is 0 Å². The molecule has 0 aliphatic carbocycles. The molecule has 0 aliphatic rings. The Bertz CT molecular complexity index is 542. The van der Waals surface area contributed by atoms with E-state index < -0.39 is 0 Å². The molecule has 2 nitrogen and oxygen atoms in total. The molecule has 0 saturated carbocycles. The lowest BCUT2D eigenvalue weighted by Gasteiger charge is -2.17. The van der Waals surface area contributed by atoms with Gasteiger partial charge in [0.1, 0.15) is 0 Å². The number of nitrogens with two attached hydrogens (primary N) is 1. The Morgan fingerprint density at radius 2 is 1.95 bits per heavy atom. The first-order chi connectivity index (χ1) is 9.72. The number of thioether (sulfide) groups is 1. The average molecular weight is 307 g/mol. The Morgan fingerprint density at radius 1 is 1.20 bits per heavy atom. The molecule has 0 aromatic heterocycles. The number of rotatable bonds is 6. The zero-order valence-corrected chi connectivity index (χ0v) is 13.0. The highest BCUT2D eigenvalue weighted by atomic mass is 35.5. The van der Waals surface area contributed by atoms with Gasteiger partial charge in [0.25, 0.3) is 0 Å². The van der Waals surface area contributed by atoms with E-state index in [1.165, 1.54) is 16.0 Å². The summed E-state index contributed by atoms with van der Waals surface area (Å²) in [6, 6.07) is 16.5. The highest BCUT2D eigenvalue weighted by molar-refractivity contribution is 7.99. The van der Waals surface area contributed by atoms with Crippen molar-refractivity contribution in [2.45, 2.75) is 24.3 Å². The van der Waals surface area contributed by atoms with Crippen LogP contribution in [-0.2, 0) is 6.42 Å². The van der Waals surface area contributed by atoms with Gasteiger partial charge in [-0.05, 0) is 47.6 Å². The molecule has 20 heavy (non-hydrogen) atoms. The normalized spacial score (nSPS) is 12.3. The van der Waals surface area contributed by atoms with Gasteiger partial charge in [-0.3, -0.25) is 11.3 Å². The third-order valence-corrected chi connectivity index (χ3v) is 4.25. The van der Waals surface area contributed by atoms with Gasteiger partial charge in [-0.2, -0.15) is 0 Å². The highest BCUT2D eigenvalue weighted by Crippen LogP contribution is 2.23. The van der Waals surface area contributed by atoms with Crippen LogP contribution in [0.15, 0.2) is 53.4 Å². The van der Waals surface area contributed by atoms with Gasteiger partial charge < -0.3 is 0 Å². The Kier molecular flexibility index (Phi) is 5.92. The van der Waals surface area contributed by atoms with E-state index in [4.69, 9.17) is 17.4 Å². The first-order valence-electron chi connectivity index (χ1n) is 6.66. The van der Waals surface area contributed by atoms with Crippen LogP contribution in [0.3, 0.4) is 0 Å². The summed E-state index contributed by atoms with van der Waals surface area (Å²) in [4.78, 5) is 1.29. The molecule has 2 rings (SSSR count). The van der Waals surface area contributed by atoms with Crippen LogP contribution in [0.1, 0.15) is 24.1 Å². The fraction of sp³-hybridized carbons (Fsp3) is 0.250. The molecule has 0 heterocycles. The molecule has 1 unspecified atom stereocenters. The zero-order chi connectivity index (χ0) is 14.4. The molecular formula is C16H19ClN2S. The van der Waals surface area contributed by atoms with Crippen LogP contribution >= 0.6 is 23.4 Å². The SMILES string of the molecule is CCSc1ccc(C(Cc2cccc(Cl)c2)NN)cc1. The van der Waals surface area contributed by atoms with Gasteiger partial charge in [-0.1, -0.05) is 42.8 Å². The fourth-order valence-corrected chi connectivity index (χ4v) is 3.01. The molecule has 0 bridgehead atoms. The van der Waals surface area contributed by atoms with E-state index in [1.54, 1.807) is 0 Å². The summed E-state index contributed by atoms with van der Waals surface area (Å²) >= 11 is 7.86. The standard InChI is InChI=1S/C16H19ClN2S/c1-2-20-15-8-6-13(7-9-15)16(19-18)11-12-4-3-5-14(17)10-12/h3-10,16,19H,2,11,18H2,1H3. The van der Waals surface area contributed by atoms with Crippen molar-refractivity contribution in [3.8, 4) is 0 Å². The molecular weight excluding hydrogens is 288 g/mol. The van der Waals surface area contributed by atoms with Gasteiger partial charge in [0, 0.05) is 16.0 Å². The molecule has 0 aliphatic heterocycles. The van der Waals surface area contributed by atoms with Crippen LogP contribution in [0.5, 0.6) is 0 Å². The van der Waals surface area contributed by atoms with Crippen molar-refractivity contribution in [1.29, 1.82) is 0 Å². The van der Waals surface area contributed by atoms with E-state index >= 15 is 0 Å². The number of benzene rings is 2. The molecule has 1 atom stereocenters. The molecule has 0 spiro atoms. The number of hydrazine groups is 1. The zero-order valence-electron chi connectivity index (χ0n) is 11.5. The molecule has 0 amide bonds. The molecule has 0 saturated heterocycles. The predicted octanol–water partition coefficient (Wildman–Crippen LogP) is 4.20. The van der Waals surface area contributed by atoms with Crippen LogP contribution in [0.2, 0.25) is 5.02 Å². The second-order valence-corrected chi connectivity index (χ2v) is 6.33. The maximum Gasteiger partial charge on any atom is 0.0500 e. The van der Waals surface area contributed by atoms with Crippen molar-refractivity contribution in [2.75, 3.05) is 5.75 Å². The Hall–Kier alpha value is -1.00. The smallest absolute Gasteiger partial charge is 0.0500 e. The number of nitrogens with one attached hydrogen (secondary N) is 1. The summed E-state index contributed by atoms with van der Waals surface area (Å²) in [6.45, 7) is 2.15. The minimum atomic E-state index is 0.0918. The number of halogens is 1.